The summed E-state index contributed by atoms with van der Waals surface area (Å²) in [6.07, 6.45) is 0.184. The number of nitro benzene ring substituents is 1. The lowest BCUT2D eigenvalue weighted by atomic mass is 9.99. The van der Waals surface area contributed by atoms with Crippen molar-refractivity contribution in [2.45, 2.75) is 25.8 Å². The molecule has 0 aliphatic heterocycles. The monoisotopic (exact) mass is 282 g/mol. The van der Waals surface area contributed by atoms with Gasteiger partial charge in [-0.05, 0) is 32.5 Å². The molecule has 20 heavy (non-hydrogen) atoms. The summed E-state index contributed by atoms with van der Waals surface area (Å²) in [6, 6.07) is 4.64. The Morgan fingerprint density at radius 3 is 2.70 bits per heavy atom. The zero-order valence-electron chi connectivity index (χ0n) is 11.7. The van der Waals surface area contributed by atoms with Gasteiger partial charge < -0.3 is 15.2 Å². The lowest BCUT2D eigenvalue weighted by molar-refractivity contribution is -0.385. The second-order valence-corrected chi connectivity index (χ2v) is 4.71. The Balaban J connectivity index is 2.76. The number of rotatable bonds is 7. The van der Waals surface area contributed by atoms with E-state index in [-0.39, 0.29) is 24.5 Å². The van der Waals surface area contributed by atoms with E-state index >= 15 is 0 Å². The molecule has 1 aromatic carbocycles. The molecule has 2 N–H and O–H groups in total. The van der Waals surface area contributed by atoms with Gasteiger partial charge in [-0.1, -0.05) is 6.07 Å². The molecule has 0 aromatic heterocycles. The molecule has 0 bridgehead atoms. The standard InChI is InChI=1S/C13H18N2O5/c1-9-4-5-11(10(8-9)15(18)19)20-7-6-13(2,14-3)12(16)17/h4-5,8,14H,6-7H2,1-3H3,(H,16,17). The number of nitro groups is 1. The van der Waals surface area contributed by atoms with E-state index in [0.717, 1.165) is 5.56 Å². The Kier molecular flexibility index (Phi) is 5.04. The number of benzene rings is 1. The zero-order chi connectivity index (χ0) is 15.3. The molecular formula is C13H18N2O5. The Hall–Kier alpha value is -2.15. The van der Waals surface area contributed by atoms with Crippen molar-refractivity contribution in [3.8, 4) is 5.75 Å². The third-order valence-electron chi connectivity index (χ3n) is 3.19. The Morgan fingerprint density at radius 1 is 1.55 bits per heavy atom. The van der Waals surface area contributed by atoms with Crippen LogP contribution in [0.2, 0.25) is 0 Å². The molecule has 0 aliphatic rings. The van der Waals surface area contributed by atoms with Gasteiger partial charge in [0.25, 0.3) is 0 Å². The van der Waals surface area contributed by atoms with E-state index in [4.69, 9.17) is 9.84 Å². The molecule has 1 atom stereocenters. The van der Waals surface area contributed by atoms with Crippen molar-refractivity contribution in [1.82, 2.24) is 5.32 Å². The number of carboxylic acid groups (broad SMARTS) is 1. The third-order valence-corrected chi connectivity index (χ3v) is 3.19. The van der Waals surface area contributed by atoms with E-state index in [0.29, 0.717) is 0 Å². The van der Waals surface area contributed by atoms with Gasteiger partial charge in [-0.2, -0.15) is 0 Å². The maximum absolute atomic E-state index is 11.1. The van der Waals surface area contributed by atoms with Gasteiger partial charge in [-0.15, -0.1) is 0 Å². The summed E-state index contributed by atoms with van der Waals surface area (Å²) in [5, 5.41) is 22.7. The van der Waals surface area contributed by atoms with Gasteiger partial charge in [0.15, 0.2) is 5.75 Å². The summed E-state index contributed by atoms with van der Waals surface area (Å²) < 4.78 is 5.36. The highest BCUT2D eigenvalue weighted by Gasteiger charge is 2.31. The van der Waals surface area contributed by atoms with Gasteiger partial charge in [-0.3, -0.25) is 14.9 Å². The first-order valence-corrected chi connectivity index (χ1v) is 6.10. The highest BCUT2D eigenvalue weighted by molar-refractivity contribution is 5.78. The summed E-state index contributed by atoms with van der Waals surface area (Å²) in [6.45, 7) is 3.34. The van der Waals surface area contributed by atoms with Crippen LogP contribution in [-0.4, -0.2) is 35.2 Å². The Bertz CT molecular complexity index is 517. The molecule has 0 saturated carbocycles. The van der Waals surface area contributed by atoms with Crippen molar-refractivity contribution in [3.05, 3.63) is 33.9 Å². The second kappa shape index (κ2) is 6.33. The van der Waals surface area contributed by atoms with Gasteiger partial charge in [0, 0.05) is 12.5 Å². The van der Waals surface area contributed by atoms with Crippen LogP contribution in [0, 0.1) is 17.0 Å². The number of ether oxygens (including phenoxy) is 1. The van der Waals surface area contributed by atoms with Crippen LogP contribution in [-0.2, 0) is 4.79 Å². The molecule has 0 fully saturated rings. The first kappa shape index (κ1) is 15.9. The number of nitrogens with one attached hydrogen (secondary N) is 1. The van der Waals surface area contributed by atoms with E-state index in [1.165, 1.54) is 19.1 Å². The lowest BCUT2D eigenvalue weighted by Crippen LogP contribution is -2.48. The molecule has 1 aromatic rings. The molecule has 1 unspecified atom stereocenters. The molecule has 0 spiro atoms. The molecule has 1 rings (SSSR count). The number of hydrogen-bond acceptors (Lipinski definition) is 5. The van der Waals surface area contributed by atoms with Crippen molar-refractivity contribution in [1.29, 1.82) is 0 Å². The molecule has 0 aliphatic carbocycles. The Labute approximate surface area is 116 Å². The van der Waals surface area contributed by atoms with Gasteiger partial charge >= 0.3 is 11.7 Å². The second-order valence-electron chi connectivity index (χ2n) is 4.71. The molecule has 0 saturated heterocycles. The van der Waals surface area contributed by atoms with E-state index in [9.17, 15) is 14.9 Å². The maximum atomic E-state index is 11.1. The molecular weight excluding hydrogens is 264 g/mol. The van der Waals surface area contributed by atoms with Gasteiger partial charge in [0.05, 0.1) is 11.5 Å². The first-order valence-electron chi connectivity index (χ1n) is 6.10. The van der Waals surface area contributed by atoms with Crippen LogP contribution in [0.15, 0.2) is 18.2 Å². The normalized spacial score (nSPS) is 13.6. The number of carbonyl (C=O) groups is 1. The Morgan fingerprint density at radius 2 is 2.20 bits per heavy atom. The van der Waals surface area contributed by atoms with E-state index in [2.05, 4.69) is 5.32 Å². The predicted octanol–water partition coefficient (Wildman–Crippen LogP) is 1.73. The lowest BCUT2D eigenvalue weighted by Gasteiger charge is -2.23. The topological polar surface area (TPSA) is 102 Å². The van der Waals surface area contributed by atoms with Gasteiger partial charge in [0.1, 0.15) is 5.54 Å². The minimum Gasteiger partial charge on any atom is -0.487 e. The number of nitrogens with zero attached hydrogens (tertiary/aromatic N) is 1. The molecule has 0 radical (unpaired) electrons. The number of hydrogen-bond donors (Lipinski definition) is 2. The third kappa shape index (κ3) is 3.67. The average Bonchev–Trinajstić information content (AvgIpc) is 2.39. The summed E-state index contributed by atoms with van der Waals surface area (Å²) in [5.41, 5.74) is -0.486. The van der Waals surface area contributed by atoms with Crippen molar-refractivity contribution >= 4 is 11.7 Å². The average molecular weight is 282 g/mol. The highest BCUT2D eigenvalue weighted by atomic mass is 16.6. The number of carboxylic acids is 1. The molecule has 0 amide bonds. The minimum absolute atomic E-state index is 0.0630. The summed E-state index contributed by atoms with van der Waals surface area (Å²) in [4.78, 5) is 21.5. The minimum atomic E-state index is -1.13. The fourth-order valence-electron chi connectivity index (χ4n) is 1.60. The number of aryl methyl sites for hydroxylation is 1. The van der Waals surface area contributed by atoms with Crippen LogP contribution in [0.5, 0.6) is 5.75 Å². The van der Waals surface area contributed by atoms with Crippen LogP contribution in [0.1, 0.15) is 18.9 Å². The summed E-state index contributed by atoms with van der Waals surface area (Å²) in [7, 11) is 1.54. The van der Waals surface area contributed by atoms with Crippen LogP contribution < -0.4 is 10.1 Å². The largest absolute Gasteiger partial charge is 0.487 e. The van der Waals surface area contributed by atoms with E-state index < -0.39 is 16.4 Å². The van der Waals surface area contributed by atoms with Crippen molar-refractivity contribution in [3.63, 3.8) is 0 Å². The number of aliphatic carboxylic acids is 1. The van der Waals surface area contributed by atoms with Gasteiger partial charge in [-0.25, -0.2) is 0 Å². The smallest absolute Gasteiger partial charge is 0.323 e. The quantitative estimate of drug-likeness (QED) is 0.583. The number of likely N-dealkylation sites (N-methyl/N-ethyl adjacent to an activating group) is 1. The highest BCUT2D eigenvalue weighted by Crippen LogP contribution is 2.28. The predicted molar refractivity (Wildman–Crippen MR) is 73.0 cm³/mol. The van der Waals surface area contributed by atoms with Crippen LogP contribution in [0.25, 0.3) is 0 Å². The fraction of sp³-hybridized carbons (Fsp3) is 0.462. The van der Waals surface area contributed by atoms with Crippen molar-refractivity contribution < 1.29 is 19.6 Å². The molecule has 110 valence electrons. The van der Waals surface area contributed by atoms with E-state index in [1.54, 1.807) is 20.0 Å². The van der Waals surface area contributed by atoms with Crippen LogP contribution in [0.4, 0.5) is 5.69 Å². The van der Waals surface area contributed by atoms with Crippen molar-refractivity contribution in [2.75, 3.05) is 13.7 Å². The van der Waals surface area contributed by atoms with Crippen molar-refractivity contribution in [2.24, 2.45) is 0 Å². The summed E-state index contributed by atoms with van der Waals surface area (Å²) in [5.74, 6) is -0.855. The first-order chi connectivity index (χ1) is 9.30. The SMILES string of the molecule is CNC(C)(CCOc1ccc(C)cc1[N+](=O)[O-])C(=O)O. The van der Waals surface area contributed by atoms with Gasteiger partial charge in [0.2, 0.25) is 0 Å². The molecule has 7 nitrogen and oxygen atoms in total. The summed E-state index contributed by atoms with van der Waals surface area (Å²) >= 11 is 0. The molecule has 0 heterocycles. The maximum Gasteiger partial charge on any atom is 0.323 e. The van der Waals surface area contributed by atoms with Crippen LogP contribution in [0.3, 0.4) is 0 Å². The van der Waals surface area contributed by atoms with E-state index in [1.807, 2.05) is 0 Å². The van der Waals surface area contributed by atoms with Crippen LogP contribution >= 0.6 is 0 Å². The fourth-order valence-corrected chi connectivity index (χ4v) is 1.60. The zero-order valence-corrected chi connectivity index (χ0v) is 11.7. The molecule has 7 heteroatoms.